The first-order valence-electron chi connectivity index (χ1n) is 5.49. The number of nitrogens with one attached hydrogen (secondary N) is 1. The minimum absolute atomic E-state index is 0.0478. The molecular weight excluding hydrogens is 236 g/mol. The van der Waals surface area contributed by atoms with Crippen LogP contribution in [0.25, 0.3) is 11.0 Å². The van der Waals surface area contributed by atoms with Crippen molar-refractivity contribution in [1.29, 1.82) is 0 Å². The van der Waals surface area contributed by atoms with Crippen LogP contribution in [0.4, 0.5) is 5.69 Å². The molecule has 2 aromatic rings. The van der Waals surface area contributed by atoms with E-state index in [-0.39, 0.29) is 18.9 Å². The Hall–Kier alpha value is -2.44. The van der Waals surface area contributed by atoms with Gasteiger partial charge in [-0.1, -0.05) is 0 Å². The molecular formula is C11H10N4O3. The first-order chi connectivity index (χ1) is 8.65. The normalized spacial score (nSPS) is 19.7. The van der Waals surface area contributed by atoms with Gasteiger partial charge in [0, 0.05) is 18.7 Å². The molecule has 0 aliphatic carbocycles. The third kappa shape index (κ3) is 1.60. The quantitative estimate of drug-likeness (QED) is 0.798. The van der Waals surface area contributed by atoms with Crippen molar-refractivity contribution in [3.63, 3.8) is 0 Å². The number of carboxylic acids is 1. The fraction of sp³-hybridized carbons (Fsp3) is 0.273. The highest BCUT2D eigenvalue weighted by atomic mass is 16.4. The highest BCUT2D eigenvalue weighted by Crippen LogP contribution is 2.26. The summed E-state index contributed by atoms with van der Waals surface area (Å²) in [6.07, 6.45) is 0.0478. The molecule has 1 aliphatic heterocycles. The standard InChI is InChI=1S/C11H10N4O3/c16-10-3-6(11(17)18)5-15(10)7-1-2-8-9(4-7)13-14-12-8/h1-2,4,6H,3,5H2,(H,17,18)(H,12,13,14)/t6-/m0/s1. The van der Waals surface area contributed by atoms with Crippen molar-refractivity contribution >= 4 is 28.6 Å². The van der Waals surface area contributed by atoms with E-state index in [4.69, 9.17) is 5.11 Å². The maximum Gasteiger partial charge on any atom is 0.308 e. The van der Waals surface area contributed by atoms with Crippen molar-refractivity contribution in [2.45, 2.75) is 6.42 Å². The number of carbonyl (C=O) groups excluding carboxylic acids is 1. The van der Waals surface area contributed by atoms with Gasteiger partial charge in [-0.15, -0.1) is 0 Å². The van der Waals surface area contributed by atoms with E-state index in [9.17, 15) is 9.59 Å². The van der Waals surface area contributed by atoms with E-state index in [1.54, 1.807) is 18.2 Å². The summed E-state index contributed by atoms with van der Waals surface area (Å²) in [7, 11) is 0. The van der Waals surface area contributed by atoms with Crippen LogP contribution in [0.15, 0.2) is 18.2 Å². The molecule has 7 heteroatoms. The number of anilines is 1. The second-order valence-electron chi connectivity index (χ2n) is 4.24. The smallest absolute Gasteiger partial charge is 0.308 e. The minimum Gasteiger partial charge on any atom is -0.481 e. The number of nitrogens with zero attached hydrogens (tertiary/aromatic N) is 3. The SMILES string of the molecule is O=C(O)[C@H]1CC(=O)N(c2ccc3n[nH]nc3c2)C1. The summed E-state index contributed by atoms with van der Waals surface area (Å²) in [5.74, 6) is -1.75. The van der Waals surface area contributed by atoms with Crippen LogP contribution >= 0.6 is 0 Å². The van der Waals surface area contributed by atoms with Crippen molar-refractivity contribution in [1.82, 2.24) is 15.4 Å². The number of hydrogen-bond acceptors (Lipinski definition) is 4. The lowest BCUT2D eigenvalue weighted by molar-refractivity contribution is -0.141. The van der Waals surface area contributed by atoms with Gasteiger partial charge in [0.2, 0.25) is 5.91 Å². The number of aliphatic carboxylic acids is 1. The first kappa shape index (κ1) is 10.7. The second-order valence-corrected chi connectivity index (χ2v) is 4.24. The van der Waals surface area contributed by atoms with Crippen LogP contribution in [0.3, 0.4) is 0 Å². The topological polar surface area (TPSA) is 99.2 Å². The molecule has 2 heterocycles. The summed E-state index contributed by atoms with van der Waals surface area (Å²) < 4.78 is 0. The number of carboxylic acid groups (broad SMARTS) is 1. The van der Waals surface area contributed by atoms with Crippen molar-refractivity contribution in [3.8, 4) is 0 Å². The van der Waals surface area contributed by atoms with Crippen molar-refractivity contribution in [2.75, 3.05) is 11.4 Å². The van der Waals surface area contributed by atoms with Crippen LogP contribution in [-0.2, 0) is 9.59 Å². The Labute approximate surface area is 101 Å². The predicted molar refractivity (Wildman–Crippen MR) is 62.0 cm³/mol. The van der Waals surface area contributed by atoms with Gasteiger partial charge in [0.1, 0.15) is 11.0 Å². The van der Waals surface area contributed by atoms with E-state index < -0.39 is 11.9 Å². The predicted octanol–water partition coefficient (Wildman–Crippen LogP) is 0.395. The lowest BCUT2D eigenvalue weighted by Gasteiger charge is -2.15. The third-order valence-electron chi connectivity index (χ3n) is 3.09. The number of aromatic amines is 1. The van der Waals surface area contributed by atoms with Crippen LogP contribution in [0, 0.1) is 5.92 Å². The van der Waals surface area contributed by atoms with Crippen LogP contribution in [-0.4, -0.2) is 38.9 Å². The summed E-state index contributed by atoms with van der Waals surface area (Å²) in [5, 5.41) is 19.3. The van der Waals surface area contributed by atoms with Gasteiger partial charge in [-0.3, -0.25) is 9.59 Å². The molecule has 0 radical (unpaired) electrons. The van der Waals surface area contributed by atoms with Crippen LogP contribution in [0.1, 0.15) is 6.42 Å². The number of aromatic nitrogens is 3. The zero-order chi connectivity index (χ0) is 12.7. The Bertz CT molecular complexity index is 636. The summed E-state index contributed by atoms with van der Waals surface area (Å²) in [4.78, 5) is 24.2. The molecule has 1 fully saturated rings. The third-order valence-corrected chi connectivity index (χ3v) is 3.09. The molecule has 0 unspecified atom stereocenters. The summed E-state index contributed by atoms with van der Waals surface area (Å²) >= 11 is 0. The number of rotatable bonds is 2. The van der Waals surface area contributed by atoms with Crippen molar-refractivity contribution in [2.24, 2.45) is 5.92 Å². The highest BCUT2D eigenvalue weighted by Gasteiger charge is 2.35. The van der Waals surface area contributed by atoms with E-state index in [0.717, 1.165) is 0 Å². The van der Waals surface area contributed by atoms with Crippen LogP contribution in [0.2, 0.25) is 0 Å². The average Bonchev–Trinajstić information content (AvgIpc) is 2.93. The molecule has 1 atom stereocenters. The second kappa shape index (κ2) is 3.80. The lowest BCUT2D eigenvalue weighted by atomic mass is 10.1. The Kier molecular flexibility index (Phi) is 2.26. The molecule has 3 rings (SSSR count). The Morgan fingerprint density at radius 3 is 2.89 bits per heavy atom. The van der Waals surface area contributed by atoms with Gasteiger partial charge in [0.25, 0.3) is 0 Å². The average molecular weight is 246 g/mol. The molecule has 2 N–H and O–H groups in total. The summed E-state index contributed by atoms with van der Waals surface area (Å²) in [5.41, 5.74) is 2.02. The minimum atomic E-state index is -0.937. The Morgan fingerprint density at radius 2 is 2.17 bits per heavy atom. The number of H-pyrrole nitrogens is 1. The van der Waals surface area contributed by atoms with Crippen molar-refractivity contribution < 1.29 is 14.7 Å². The Balaban J connectivity index is 1.94. The molecule has 1 aliphatic rings. The van der Waals surface area contributed by atoms with E-state index >= 15 is 0 Å². The molecule has 0 saturated carbocycles. The van der Waals surface area contributed by atoms with Gasteiger partial charge < -0.3 is 10.0 Å². The van der Waals surface area contributed by atoms with E-state index in [1.165, 1.54) is 4.90 Å². The maximum absolute atomic E-state index is 11.8. The van der Waals surface area contributed by atoms with Gasteiger partial charge in [-0.05, 0) is 18.2 Å². The molecule has 18 heavy (non-hydrogen) atoms. The lowest BCUT2D eigenvalue weighted by Crippen LogP contribution is -2.25. The number of carbonyl (C=O) groups is 2. The number of fused-ring (bicyclic) bond motifs is 1. The van der Waals surface area contributed by atoms with Gasteiger partial charge in [-0.2, -0.15) is 15.4 Å². The zero-order valence-corrected chi connectivity index (χ0v) is 9.33. The van der Waals surface area contributed by atoms with Crippen molar-refractivity contribution in [3.05, 3.63) is 18.2 Å². The summed E-state index contributed by atoms with van der Waals surface area (Å²) in [6.45, 7) is 0.206. The molecule has 0 spiro atoms. The van der Waals surface area contributed by atoms with Gasteiger partial charge in [0.15, 0.2) is 0 Å². The fourth-order valence-electron chi connectivity index (χ4n) is 2.12. The monoisotopic (exact) mass is 246 g/mol. The Morgan fingerprint density at radius 1 is 1.39 bits per heavy atom. The number of hydrogen-bond donors (Lipinski definition) is 2. The molecule has 1 amide bonds. The highest BCUT2D eigenvalue weighted by molar-refractivity contribution is 6.00. The zero-order valence-electron chi connectivity index (χ0n) is 9.33. The van der Waals surface area contributed by atoms with E-state index in [0.29, 0.717) is 16.7 Å². The molecule has 1 aromatic heterocycles. The molecule has 1 saturated heterocycles. The van der Waals surface area contributed by atoms with Crippen LogP contribution in [0.5, 0.6) is 0 Å². The summed E-state index contributed by atoms with van der Waals surface area (Å²) in [6, 6.07) is 5.21. The van der Waals surface area contributed by atoms with E-state index in [2.05, 4.69) is 15.4 Å². The van der Waals surface area contributed by atoms with Gasteiger partial charge in [-0.25, -0.2) is 0 Å². The molecule has 7 nitrogen and oxygen atoms in total. The van der Waals surface area contributed by atoms with E-state index in [1.807, 2.05) is 0 Å². The number of amides is 1. The number of benzene rings is 1. The van der Waals surface area contributed by atoms with Gasteiger partial charge >= 0.3 is 5.97 Å². The maximum atomic E-state index is 11.8. The molecule has 92 valence electrons. The molecule has 1 aromatic carbocycles. The van der Waals surface area contributed by atoms with Gasteiger partial charge in [0.05, 0.1) is 5.92 Å². The largest absolute Gasteiger partial charge is 0.481 e. The molecule has 0 bridgehead atoms. The first-order valence-corrected chi connectivity index (χ1v) is 5.49. The fourth-order valence-corrected chi connectivity index (χ4v) is 2.12. The van der Waals surface area contributed by atoms with Crippen LogP contribution < -0.4 is 4.90 Å².